The van der Waals surface area contributed by atoms with Gasteiger partial charge in [-0.25, -0.2) is 0 Å². The molecule has 1 aliphatic rings. The van der Waals surface area contributed by atoms with Crippen molar-refractivity contribution in [1.82, 2.24) is 10.2 Å². The van der Waals surface area contributed by atoms with Crippen molar-refractivity contribution in [2.75, 3.05) is 26.7 Å². The van der Waals surface area contributed by atoms with Crippen LogP contribution in [-0.2, 0) is 4.79 Å². The number of nitrogens with two attached hydrogens (primary N) is 1. The van der Waals surface area contributed by atoms with Crippen LogP contribution in [0.2, 0.25) is 0 Å². The Bertz CT molecular complexity index is 324. The van der Waals surface area contributed by atoms with Gasteiger partial charge in [0.25, 0.3) is 0 Å². The van der Waals surface area contributed by atoms with Gasteiger partial charge in [0.1, 0.15) is 0 Å². The van der Waals surface area contributed by atoms with Crippen molar-refractivity contribution in [2.24, 2.45) is 23.0 Å². The second-order valence-electron chi connectivity index (χ2n) is 7.70. The van der Waals surface area contributed by atoms with Gasteiger partial charge in [-0.15, -0.1) is 0 Å². The average molecular weight is 297 g/mol. The number of rotatable bonds is 6. The molecule has 3 atom stereocenters. The number of hydrogen-bond acceptors (Lipinski definition) is 3. The summed E-state index contributed by atoms with van der Waals surface area (Å²) < 4.78 is 0. The molecule has 0 spiro atoms. The Kier molecular flexibility index (Phi) is 7.14. The van der Waals surface area contributed by atoms with E-state index in [1.807, 2.05) is 0 Å². The quantitative estimate of drug-likeness (QED) is 0.790. The van der Waals surface area contributed by atoms with Gasteiger partial charge in [0.2, 0.25) is 5.91 Å². The molecule has 3 unspecified atom stereocenters. The van der Waals surface area contributed by atoms with Crippen LogP contribution >= 0.6 is 0 Å². The third-order valence-electron chi connectivity index (χ3n) is 5.01. The van der Waals surface area contributed by atoms with Crippen LogP contribution in [0, 0.1) is 17.3 Å². The smallest absolute Gasteiger partial charge is 0.234 e. The van der Waals surface area contributed by atoms with E-state index < -0.39 is 0 Å². The summed E-state index contributed by atoms with van der Waals surface area (Å²) in [4.78, 5) is 14.2. The van der Waals surface area contributed by atoms with Crippen molar-refractivity contribution in [3.8, 4) is 0 Å². The molecule has 0 bridgehead atoms. The monoisotopic (exact) mass is 297 g/mol. The molecule has 1 aliphatic carbocycles. The van der Waals surface area contributed by atoms with Crippen molar-refractivity contribution in [1.29, 1.82) is 0 Å². The first kappa shape index (κ1) is 18.4. The summed E-state index contributed by atoms with van der Waals surface area (Å²) in [5, 5.41) is 2.96. The minimum absolute atomic E-state index is 0.132. The van der Waals surface area contributed by atoms with Crippen LogP contribution in [0.5, 0.6) is 0 Å². The van der Waals surface area contributed by atoms with Crippen LogP contribution < -0.4 is 11.1 Å². The van der Waals surface area contributed by atoms with E-state index in [4.69, 9.17) is 5.73 Å². The van der Waals surface area contributed by atoms with Crippen molar-refractivity contribution in [2.45, 2.75) is 59.4 Å². The fourth-order valence-corrected chi connectivity index (χ4v) is 3.47. The molecule has 0 radical (unpaired) electrons. The molecule has 1 rings (SSSR count). The Labute approximate surface area is 130 Å². The molecule has 0 aromatic carbocycles. The lowest BCUT2D eigenvalue weighted by atomic mass is 9.67. The lowest BCUT2D eigenvalue weighted by Gasteiger charge is -2.45. The molecule has 1 saturated carbocycles. The minimum Gasteiger partial charge on any atom is -0.355 e. The molecule has 4 heteroatoms. The van der Waals surface area contributed by atoms with Crippen molar-refractivity contribution >= 4 is 5.91 Å². The minimum atomic E-state index is 0.132. The zero-order valence-corrected chi connectivity index (χ0v) is 14.6. The summed E-state index contributed by atoms with van der Waals surface area (Å²) in [6.45, 7) is 11.0. The lowest BCUT2D eigenvalue weighted by molar-refractivity contribution is -0.123. The van der Waals surface area contributed by atoms with Gasteiger partial charge in [-0.05, 0) is 56.5 Å². The first-order valence-electron chi connectivity index (χ1n) is 8.46. The summed E-state index contributed by atoms with van der Waals surface area (Å²) in [5.41, 5.74) is 6.31. The normalized spacial score (nSPS) is 26.9. The van der Waals surface area contributed by atoms with Gasteiger partial charge in [-0.1, -0.05) is 27.7 Å². The zero-order chi connectivity index (χ0) is 16.0. The van der Waals surface area contributed by atoms with Crippen molar-refractivity contribution in [3.05, 3.63) is 0 Å². The molecule has 0 aliphatic heterocycles. The van der Waals surface area contributed by atoms with E-state index in [9.17, 15) is 4.79 Å². The van der Waals surface area contributed by atoms with Gasteiger partial charge in [-0.2, -0.15) is 0 Å². The molecule has 124 valence electrons. The number of nitrogens with zero attached hydrogens (tertiary/aromatic N) is 1. The molecule has 0 heterocycles. The van der Waals surface area contributed by atoms with Crippen molar-refractivity contribution < 1.29 is 4.79 Å². The van der Waals surface area contributed by atoms with Crippen molar-refractivity contribution in [3.63, 3.8) is 0 Å². The Morgan fingerprint density at radius 2 is 2.00 bits per heavy atom. The van der Waals surface area contributed by atoms with Crippen LogP contribution in [0.1, 0.15) is 53.4 Å². The van der Waals surface area contributed by atoms with E-state index in [2.05, 4.69) is 45.0 Å². The third-order valence-corrected chi connectivity index (χ3v) is 5.01. The molecular formula is C17H35N3O. The van der Waals surface area contributed by atoms with E-state index in [-0.39, 0.29) is 5.91 Å². The molecular weight excluding hydrogens is 262 g/mol. The number of hydrogen-bond donors (Lipinski definition) is 2. The zero-order valence-electron chi connectivity index (χ0n) is 14.6. The summed E-state index contributed by atoms with van der Waals surface area (Å²) >= 11 is 0. The second-order valence-corrected chi connectivity index (χ2v) is 7.70. The van der Waals surface area contributed by atoms with Crippen LogP contribution in [0.15, 0.2) is 0 Å². The number of carbonyl (C=O) groups is 1. The summed E-state index contributed by atoms with van der Waals surface area (Å²) in [5.74, 6) is 1.37. The summed E-state index contributed by atoms with van der Waals surface area (Å²) in [7, 11) is 2.07. The Morgan fingerprint density at radius 1 is 1.33 bits per heavy atom. The van der Waals surface area contributed by atoms with Gasteiger partial charge in [0.15, 0.2) is 0 Å². The van der Waals surface area contributed by atoms with Crippen LogP contribution in [0.4, 0.5) is 0 Å². The molecule has 1 fully saturated rings. The molecule has 3 N–H and O–H groups in total. The van der Waals surface area contributed by atoms with E-state index in [0.717, 1.165) is 25.9 Å². The molecule has 0 saturated heterocycles. The van der Waals surface area contributed by atoms with E-state index in [0.29, 0.717) is 29.8 Å². The highest BCUT2D eigenvalue weighted by atomic mass is 16.2. The Morgan fingerprint density at radius 3 is 2.52 bits per heavy atom. The Balaban J connectivity index is 2.63. The average Bonchev–Trinajstić information content (AvgIpc) is 2.43. The molecule has 0 aromatic rings. The Hall–Kier alpha value is -0.610. The fraction of sp³-hybridized carbons (Fsp3) is 0.941. The highest BCUT2D eigenvalue weighted by molar-refractivity contribution is 5.77. The topological polar surface area (TPSA) is 58.4 Å². The van der Waals surface area contributed by atoms with Crippen LogP contribution in [0.25, 0.3) is 0 Å². The number of amides is 1. The van der Waals surface area contributed by atoms with E-state index >= 15 is 0 Å². The number of carbonyl (C=O) groups excluding carboxylic acids is 1. The second kappa shape index (κ2) is 8.14. The number of nitrogens with one attached hydrogen (secondary N) is 1. The highest BCUT2D eigenvalue weighted by Gasteiger charge is 2.37. The SMILES string of the molecule is CCCNC(=O)CN(C)C1CC(C(C)(C)C)CCC1CN. The first-order valence-corrected chi connectivity index (χ1v) is 8.46. The maximum atomic E-state index is 11.9. The summed E-state index contributed by atoms with van der Waals surface area (Å²) in [6.07, 6.45) is 4.58. The number of likely N-dealkylation sites (N-methyl/N-ethyl adjacent to an activating group) is 1. The van der Waals surface area contributed by atoms with Gasteiger partial charge in [0.05, 0.1) is 6.54 Å². The van der Waals surface area contributed by atoms with Gasteiger partial charge in [0, 0.05) is 12.6 Å². The van der Waals surface area contributed by atoms with Gasteiger partial charge < -0.3 is 11.1 Å². The van der Waals surface area contributed by atoms with Crippen LogP contribution in [0.3, 0.4) is 0 Å². The van der Waals surface area contributed by atoms with Gasteiger partial charge >= 0.3 is 0 Å². The molecule has 0 aromatic heterocycles. The van der Waals surface area contributed by atoms with E-state index in [1.54, 1.807) is 0 Å². The summed E-state index contributed by atoms with van der Waals surface area (Å²) in [6, 6.07) is 0.431. The fourth-order valence-electron chi connectivity index (χ4n) is 3.47. The predicted molar refractivity (Wildman–Crippen MR) is 89.1 cm³/mol. The molecule has 4 nitrogen and oxygen atoms in total. The third kappa shape index (κ3) is 5.59. The van der Waals surface area contributed by atoms with Gasteiger partial charge in [-0.3, -0.25) is 9.69 Å². The predicted octanol–water partition coefficient (Wildman–Crippen LogP) is 2.23. The molecule has 1 amide bonds. The highest BCUT2D eigenvalue weighted by Crippen LogP contribution is 2.41. The van der Waals surface area contributed by atoms with E-state index in [1.165, 1.54) is 12.8 Å². The molecule has 21 heavy (non-hydrogen) atoms. The maximum Gasteiger partial charge on any atom is 0.234 e. The first-order chi connectivity index (χ1) is 9.79. The standard InChI is InChI=1S/C17H35N3O/c1-6-9-19-16(21)12-20(5)15-10-14(17(2,3)4)8-7-13(15)11-18/h13-15H,6-12,18H2,1-5H3,(H,19,21). The van der Waals surface area contributed by atoms with Crippen LogP contribution in [-0.4, -0.2) is 43.5 Å². The lowest BCUT2D eigenvalue weighted by Crippen LogP contribution is -2.49. The largest absolute Gasteiger partial charge is 0.355 e. The maximum absolute atomic E-state index is 11.9.